The van der Waals surface area contributed by atoms with Crippen molar-refractivity contribution < 1.29 is 4.74 Å². The fourth-order valence-electron chi connectivity index (χ4n) is 2.25. The topological polar surface area (TPSA) is 77.2 Å². The summed E-state index contributed by atoms with van der Waals surface area (Å²) in [7, 11) is 0. The van der Waals surface area contributed by atoms with Crippen molar-refractivity contribution in [3.8, 4) is 11.8 Å². The lowest BCUT2D eigenvalue weighted by Crippen LogP contribution is -2.31. The quantitative estimate of drug-likeness (QED) is 0.939. The Kier molecular flexibility index (Phi) is 4.06. The average Bonchev–Trinajstić information content (AvgIpc) is 2.50. The highest BCUT2D eigenvalue weighted by Gasteiger charge is 2.16. The maximum absolute atomic E-state index is 5.84. The fourth-order valence-corrected chi connectivity index (χ4v) is 2.38. The summed E-state index contributed by atoms with van der Waals surface area (Å²) < 4.78 is 5.62. The first-order valence-electron chi connectivity index (χ1n) is 6.90. The number of piperidine rings is 1. The Hall–Kier alpha value is -2.08. The molecule has 1 aliphatic heterocycles. The van der Waals surface area contributed by atoms with E-state index in [-0.39, 0.29) is 12.0 Å². The van der Waals surface area contributed by atoms with Crippen LogP contribution in [0.25, 0.3) is 0 Å². The van der Waals surface area contributed by atoms with Crippen molar-refractivity contribution in [2.45, 2.75) is 19.3 Å². The van der Waals surface area contributed by atoms with Gasteiger partial charge in [-0.25, -0.2) is 0 Å². The smallest absolute Gasteiger partial charge is 0.328 e. The number of anilines is 2. The Morgan fingerprint density at radius 3 is 2.43 bits per heavy atom. The zero-order valence-corrected chi connectivity index (χ0v) is 12.3. The van der Waals surface area contributed by atoms with Gasteiger partial charge in [-0.2, -0.15) is 15.0 Å². The van der Waals surface area contributed by atoms with Gasteiger partial charge >= 0.3 is 6.01 Å². The average molecular weight is 306 g/mol. The third kappa shape index (κ3) is 3.52. The van der Waals surface area contributed by atoms with Gasteiger partial charge in [0.15, 0.2) is 0 Å². The van der Waals surface area contributed by atoms with Crippen LogP contribution in [0, 0.1) is 0 Å². The molecule has 1 aromatic heterocycles. The van der Waals surface area contributed by atoms with E-state index >= 15 is 0 Å². The number of hydrogen-bond donors (Lipinski definition) is 1. The van der Waals surface area contributed by atoms with Crippen LogP contribution in [0.15, 0.2) is 24.3 Å². The van der Waals surface area contributed by atoms with Crippen LogP contribution in [0.5, 0.6) is 11.8 Å². The van der Waals surface area contributed by atoms with Crippen molar-refractivity contribution >= 4 is 23.5 Å². The van der Waals surface area contributed by atoms with Gasteiger partial charge in [-0.3, -0.25) is 0 Å². The van der Waals surface area contributed by atoms with Gasteiger partial charge in [-0.15, -0.1) is 0 Å². The predicted molar refractivity (Wildman–Crippen MR) is 81.8 cm³/mol. The van der Waals surface area contributed by atoms with Crippen LogP contribution < -0.4 is 15.4 Å². The summed E-state index contributed by atoms with van der Waals surface area (Å²) >= 11 is 5.84. The molecule has 2 heterocycles. The molecular formula is C14H16ClN5O. The molecule has 0 atom stereocenters. The minimum absolute atomic E-state index is 0.162. The Labute approximate surface area is 127 Å². The number of nitrogens with two attached hydrogens (primary N) is 1. The van der Waals surface area contributed by atoms with Crippen molar-refractivity contribution in [3.63, 3.8) is 0 Å². The van der Waals surface area contributed by atoms with Crippen LogP contribution in [0.2, 0.25) is 5.02 Å². The molecule has 1 aliphatic rings. The Morgan fingerprint density at radius 2 is 1.71 bits per heavy atom. The SMILES string of the molecule is Nc1nc(Oc2ccc(Cl)cc2)nc(N2CCCCC2)n1. The molecule has 0 bridgehead atoms. The zero-order valence-electron chi connectivity index (χ0n) is 11.5. The first-order valence-corrected chi connectivity index (χ1v) is 7.28. The van der Waals surface area contributed by atoms with E-state index in [4.69, 9.17) is 22.1 Å². The van der Waals surface area contributed by atoms with Crippen molar-refractivity contribution in [3.05, 3.63) is 29.3 Å². The van der Waals surface area contributed by atoms with Gasteiger partial charge in [0.2, 0.25) is 11.9 Å². The molecule has 0 amide bonds. The predicted octanol–water partition coefficient (Wildman–Crippen LogP) is 2.89. The summed E-state index contributed by atoms with van der Waals surface area (Å²) in [4.78, 5) is 14.7. The van der Waals surface area contributed by atoms with Crippen molar-refractivity contribution in [2.75, 3.05) is 23.7 Å². The molecule has 6 nitrogen and oxygen atoms in total. The lowest BCUT2D eigenvalue weighted by Gasteiger charge is -2.26. The number of benzene rings is 1. The fraction of sp³-hybridized carbons (Fsp3) is 0.357. The number of rotatable bonds is 3. The second-order valence-electron chi connectivity index (χ2n) is 4.88. The molecule has 0 aliphatic carbocycles. The highest BCUT2D eigenvalue weighted by molar-refractivity contribution is 6.30. The van der Waals surface area contributed by atoms with Gasteiger partial charge in [-0.1, -0.05) is 11.6 Å². The standard InChI is InChI=1S/C14H16ClN5O/c15-10-4-6-11(7-5-10)21-14-18-12(16)17-13(19-14)20-8-2-1-3-9-20/h4-7H,1-3,8-9H2,(H2,16,17,18,19). The van der Waals surface area contributed by atoms with Crippen LogP contribution in [0.1, 0.15) is 19.3 Å². The summed E-state index contributed by atoms with van der Waals surface area (Å²) in [6.45, 7) is 1.87. The lowest BCUT2D eigenvalue weighted by atomic mass is 10.1. The molecule has 21 heavy (non-hydrogen) atoms. The van der Waals surface area contributed by atoms with Gasteiger partial charge in [-0.05, 0) is 43.5 Å². The van der Waals surface area contributed by atoms with E-state index in [0.29, 0.717) is 16.7 Å². The number of nitrogen functional groups attached to an aromatic ring is 1. The largest absolute Gasteiger partial charge is 0.424 e. The number of aromatic nitrogens is 3. The van der Waals surface area contributed by atoms with E-state index in [1.54, 1.807) is 24.3 Å². The van der Waals surface area contributed by atoms with E-state index in [0.717, 1.165) is 25.9 Å². The maximum atomic E-state index is 5.84. The highest BCUT2D eigenvalue weighted by Crippen LogP contribution is 2.23. The van der Waals surface area contributed by atoms with Crippen molar-refractivity contribution in [1.29, 1.82) is 0 Å². The number of halogens is 1. The molecule has 0 unspecified atom stereocenters. The summed E-state index contributed by atoms with van der Waals surface area (Å²) in [5.41, 5.74) is 5.75. The van der Waals surface area contributed by atoms with Crippen molar-refractivity contribution in [1.82, 2.24) is 15.0 Å². The lowest BCUT2D eigenvalue weighted by molar-refractivity contribution is 0.439. The molecule has 110 valence electrons. The third-order valence-corrected chi connectivity index (χ3v) is 3.53. The zero-order chi connectivity index (χ0) is 14.7. The second-order valence-corrected chi connectivity index (χ2v) is 5.32. The van der Waals surface area contributed by atoms with Crippen LogP contribution in [0.3, 0.4) is 0 Å². The number of ether oxygens (including phenoxy) is 1. The maximum Gasteiger partial charge on any atom is 0.328 e. The second kappa shape index (κ2) is 6.13. The number of nitrogens with zero attached hydrogens (tertiary/aromatic N) is 4. The molecule has 0 radical (unpaired) electrons. The molecule has 1 aromatic carbocycles. The molecule has 2 N–H and O–H groups in total. The molecular weight excluding hydrogens is 290 g/mol. The monoisotopic (exact) mass is 305 g/mol. The van der Waals surface area contributed by atoms with E-state index in [1.165, 1.54) is 6.42 Å². The minimum atomic E-state index is 0.162. The van der Waals surface area contributed by atoms with Crippen LogP contribution in [-0.4, -0.2) is 28.0 Å². The van der Waals surface area contributed by atoms with Gasteiger partial charge < -0.3 is 15.4 Å². The Balaban J connectivity index is 1.81. The van der Waals surface area contributed by atoms with Gasteiger partial charge in [0.25, 0.3) is 0 Å². The van der Waals surface area contributed by atoms with E-state index < -0.39 is 0 Å². The summed E-state index contributed by atoms with van der Waals surface area (Å²) in [5, 5.41) is 0.645. The van der Waals surface area contributed by atoms with Crippen molar-refractivity contribution in [2.24, 2.45) is 0 Å². The summed E-state index contributed by atoms with van der Waals surface area (Å²) in [6, 6.07) is 7.19. The first kappa shape index (κ1) is 13.9. The third-order valence-electron chi connectivity index (χ3n) is 3.28. The molecule has 3 rings (SSSR count). The Morgan fingerprint density at radius 1 is 1.00 bits per heavy atom. The normalized spacial score (nSPS) is 15.0. The van der Waals surface area contributed by atoms with Gasteiger partial charge in [0, 0.05) is 18.1 Å². The van der Waals surface area contributed by atoms with E-state index in [1.807, 2.05) is 0 Å². The summed E-state index contributed by atoms with van der Waals surface area (Å²) in [6.07, 6.45) is 3.52. The van der Waals surface area contributed by atoms with Crippen LogP contribution in [0.4, 0.5) is 11.9 Å². The molecule has 2 aromatic rings. The Bertz CT molecular complexity index is 613. The van der Waals surface area contributed by atoms with E-state index in [2.05, 4.69) is 19.9 Å². The van der Waals surface area contributed by atoms with Crippen LogP contribution in [-0.2, 0) is 0 Å². The molecule has 0 saturated carbocycles. The molecule has 0 spiro atoms. The van der Waals surface area contributed by atoms with Gasteiger partial charge in [0.1, 0.15) is 5.75 Å². The van der Waals surface area contributed by atoms with E-state index in [9.17, 15) is 0 Å². The minimum Gasteiger partial charge on any atom is -0.424 e. The summed E-state index contributed by atoms with van der Waals surface area (Å²) in [5.74, 6) is 1.34. The number of hydrogen-bond acceptors (Lipinski definition) is 6. The molecule has 7 heteroatoms. The molecule has 1 saturated heterocycles. The molecule has 1 fully saturated rings. The first-order chi connectivity index (χ1) is 10.2. The highest BCUT2D eigenvalue weighted by atomic mass is 35.5. The van der Waals surface area contributed by atoms with Gasteiger partial charge in [0.05, 0.1) is 0 Å². The van der Waals surface area contributed by atoms with Crippen LogP contribution >= 0.6 is 11.6 Å².